The van der Waals surface area contributed by atoms with E-state index in [0.29, 0.717) is 17.9 Å². The average Bonchev–Trinajstić information content (AvgIpc) is 2.76. The molecule has 2 aromatic rings. The van der Waals surface area contributed by atoms with E-state index >= 15 is 0 Å². The van der Waals surface area contributed by atoms with Crippen molar-refractivity contribution < 1.29 is 0 Å². The van der Waals surface area contributed by atoms with Crippen LogP contribution in [0.25, 0.3) is 11.1 Å². The Balaban J connectivity index is 1.78. The van der Waals surface area contributed by atoms with Gasteiger partial charge < -0.3 is 4.90 Å². The molecule has 2 aliphatic rings. The van der Waals surface area contributed by atoms with Gasteiger partial charge in [0.1, 0.15) is 0 Å². The van der Waals surface area contributed by atoms with E-state index in [1.165, 1.54) is 27.8 Å². The van der Waals surface area contributed by atoms with Crippen LogP contribution in [0.5, 0.6) is 0 Å². The lowest BCUT2D eigenvalue weighted by molar-refractivity contribution is 0.284. The Morgan fingerprint density at radius 2 is 1.80 bits per heavy atom. The fourth-order valence-corrected chi connectivity index (χ4v) is 4.08. The molecule has 0 spiro atoms. The summed E-state index contributed by atoms with van der Waals surface area (Å²) >= 11 is 0. The van der Waals surface area contributed by atoms with Crippen LogP contribution in [0, 0.1) is 11.8 Å². The highest BCUT2D eigenvalue weighted by Gasteiger charge is 2.27. The van der Waals surface area contributed by atoms with Gasteiger partial charge in [0.05, 0.1) is 6.04 Å². The fraction of sp³-hybridized carbons (Fsp3) is 0.333. The summed E-state index contributed by atoms with van der Waals surface area (Å²) in [5, 5.41) is 0. The molecule has 0 amide bonds. The molecular weight excluding hydrogens is 302 g/mol. The molecule has 2 atom stereocenters. The monoisotopic (exact) mass is 329 g/mol. The van der Waals surface area contributed by atoms with Gasteiger partial charge in [0.2, 0.25) is 0 Å². The summed E-state index contributed by atoms with van der Waals surface area (Å²) in [5.41, 5.74) is 7.03. The maximum Gasteiger partial charge on any atom is 0.0727 e. The standard InChI is InChI=1S/C24H27N/c1-17(2)22-11-12-24-23-14-20(19-7-5-4-6-8-19)9-10-21(23)13-18(3)15-25(24)16-22/h4-12,14,16-18,24H,13,15H2,1-3H3/t18-,24?/m1/s1. The molecule has 0 fully saturated rings. The Hall–Kier alpha value is -2.28. The van der Waals surface area contributed by atoms with Crippen molar-refractivity contribution in [3.63, 3.8) is 0 Å². The fourth-order valence-electron chi connectivity index (χ4n) is 4.08. The Kier molecular flexibility index (Phi) is 4.25. The van der Waals surface area contributed by atoms with Crippen molar-refractivity contribution in [2.75, 3.05) is 6.54 Å². The predicted molar refractivity (Wildman–Crippen MR) is 106 cm³/mol. The second-order valence-electron chi connectivity index (χ2n) is 7.87. The first kappa shape index (κ1) is 16.2. The Morgan fingerprint density at radius 3 is 2.56 bits per heavy atom. The lowest BCUT2D eigenvalue weighted by Crippen LogP contribution is -2.28. The van der Waals surface area contributed by atoms with Crippen LogP contribution >= 0.6 is 0 Å². The van der Waals surface area contributed by atoms with Crippen LogP contribution in [-0.4, -0.2) is 11.4 Å². The molecule has 2 aliphatic heterocycles. The highest BCUT2D eigenvalue weighted by atomic mass is 15.1. The Morgan fingerprint density at radius 1 is 1.00 bits per heavy atom. The Labute approximate surface area is 151 Å². The average molecular weight is 329 g/mol. The largest absolute Gasteiger partial charge is 0.366 e. The molecule has 1 unspecified atom stereocenters. The second-order valence-corrected chi connectivity index (χ2v) is 7.87. The number of allylic oxidation sites excluding steroid dienone is 2. The van der Waals surface area contributed by atoms with Gasteiger partial charge in [-0.15, -0.1) is 0 Å². The first-order chi connectivity index (χ1) is 12.1. The number of hydrogen-bond donors (Lipinski definition) is 0. The van der Waals surface area contributed by atoms with Gasteiger partial charge in [-0.05, 0) is 52.1 Å². The summed E-state index contributed by atoms with van der Waals surface area (Å²) in [6.45, 7) is 8.05. The van der Waals surface area contributed by atoms with Crippen molar-refractivity contribution in [1.29, 1.82) is 0 Å². The van der Waals surface area contributed by atoms with E-state index in [0.717, 1.165) is 13.0 Å². The lowest BCUT2D eigenvalue weighted by Gasteiger charge is -2.33. The summed E-state index contributed by atoms with van der Waals surface area (Å²) in [6.07, 6.45) is 8.30. The van der Waals surface area contributed by atoms with Crippen molar-refractivity contribution in [3.8, 4) is 11.1 Å². The molecule has 4 rings (SSSR count). The van der Waals surface area contributed by atoms with E-state index in [2.05, 4.69) is 92.6 Å². The minimum atomic E-state index is 0.367. The van der Waals surface area contributed by atoms with Crippen molar-refractivity contribution in [3.05, 3.63) is 83.6 Å². The first-order valence-corrected chi connectivity index (χ1v) is 9.45. The zero-order chi connectivity index (χ0) is 17.4. The van der Waals surface area contributed by atoms with Crippen LogP contribution in [0.4, 0.5) is 0 Å². The van der Waals surface area contributed by atoms with Gasteiger partial charge in [0, 0.05) is 12.7 Å². The van der Waals surface area contributed by atoms with Crippen LogP contribution < -0.4 is 0 Å². The molecule has 0 radical (unpaired) electrons. The van der Waals surface area contributed by atoms with Crippen molar-refractivity contribution >= 4 is 0 Å². The number of rotatable bonds is 2. The van der Waals surface area contributed by atoms with Crippen LogP contribution in [-0.2, 0) is 6.42 Å². The molecule has 1 nitrogen and oxygen atoms in total. The molecule has 128 valence electrons. The van der Waals surface area contributed by atoms with Crippen LogP contribution in [0.1, 0.15) is 37.9 Å². The SMILES string of the molecule is CC(C)C1=CN2C[C@H](C)Cc3ccc(-c4ccccc4)cc3C2C=C1. The number of benzene rings is 2. The minimum absolute atomic E-state index is 0.367. The maximum absolute atomic E-state index is 2.56. The van der Waals surface area contributed by atoms with Gasteiger partial charge >= 0.3 is 0 Å². The maximum atomic E-state index is 2.56. The first-order valence-electron chi connectivity index (χ1n) is 9.45. The number of nitrogens with zero attached hydrogens (tertiary/aromatic N) is 1. The molecule has 0 aromatic heterocycles. The third-order valence-electron chi connectivity index (χ3n) is 5.47. The number of hydrogen-bond acceptors (Lipinski definition) is 1. The van der Waals surface area contributed by atoms with Crippen molar-refractivity contribution in [2.45, 2.75) is 33.2 Å². The minimum Gasteiger partial charge on any atom is -0.366 e. The summed E-state index contributed by atoms with van der Waals surface area (Å²) < 4.78 is 0. The molecule has 0 saturated heterocycles. The summed E-state index contributed by atoms with van der Waals surface area (Å²) in [5.74, 6) is 1.24. The predicted octanol–water partition coefficient (Wildman–Crippen LogP) is 6.00. The van der Waals surface area contributed by atoms with Crippen molar-refractivity contribution in [1.82, 2.24) is 4.90 Å². The molecule has 25 heavy (non-hydrogen) atoms. The van der Waals surface area contributed by atoms with Crippen molar-refractivity contribution in [2.24, 2.45) is 11.8 Å². The molecule has 1 heteroatoms. The third-order valence-corrected chi connectivity index (χ3v) is 5.47. The molecule has 0 N–H and O–H groups in total. The third kappa shape index (κ3) is 3.16. The van der Waals surface area contributed by atoms with E-state index in [-0.39, 0.29) is 0 Å². The zero-order valence-corrected chi connectivity index (χ0v) is 15.4. The molecule has 2 aromatic carbocycles. The van der Waals surface area contributed by atoms with Gasteiger partial charge in [0.25, 0.3) is 0 Å². The van der Waals surface area contributed by atoms with Crippen LogP contribution in [0.2, 0.25) is 0 Å². The molecule has 2 heterocycles. The van der Waals surface area contributed by atoms with Gasteiger partial charge in [-0.1, -0.05) is 75.4 Å². The highest BCUT2D eigenvalue weighted by Crippen LogP contribution is 2.37. The summed E-state index contributed by atoms with van der Waals surface area (Å²) in [4.78, 5) is 2.56. The van der Waals surface area contributed by atoms with Gasteiger partial charge in [-0.3, -0.25) is 0 Å². The van der Waals surface area contributed by atoms with Gasteiger partial charge in [-0.2, -0.15) is 0 Å². The zero-order valence-electron chi connectivity index (χ0n) is 15.4. The number of fused-ring (bicyclic) bond motifs is 3. The molecule has 0 bridgehead atoms. The molecule has 0 aliphatic carbocycles. The quantitative estimate of drug-likeness (QED) is 0.653. The van der Waals surface area contributed by atoms with Gasteiger partial charge in [0.15, 0.2) is 0 Å². The molecule has 0 saturated carbocycles. The molecular formula is C24H27N. The summed E-state index contributed by atoms with van der Waals surface area (Å²) in [7, 11) is 0. The summed E-state index contributed by atoms with van der Waals surface area (Å²) in [6, 6.07) is 18.1. The van der Waals surface area contributed by atoms with E-state index in [1.54, 1.807) is 0 Å². The van der Waals surface area contributed by atoms with E-state index in [4.69, 9.17) is 0 Å². The van der Waals surface area contributed by atoms with Crippen LogP contribution in [0.15, 0.2) is 72.5 Å². The second kappa shape index (κ2) is 6.55. The van der Waals surface area contributed by atoms with Gasteiger partial charge in [-0.25, -0.2) is 0 Å². The van der Waals surface area contributed by atoms with E-state index < -0.39 is 0 Å². The Bertz CT molecular complexity index is 813. The van der Waals surface area contributed by atoms with Crippen LogP contribution in [0.3, 0.4) is 0 Å². The highest BCUT2D eigenvalue weighted by molar-refractivity contribution is 5.65. The normalized spacial score (nSPS) is 22.2. The lowest BCUT2D eigenvalue weighted by atomic mass is 9.90. The van der Waals surface area contributed by atoms with E-state index in [9.17, 15) is 0 Å². The van der Waals surface area contributed by atoms with E-state index in [1.807, 2.05) is 0 Å². The smallest absolute Gasteiger partial charge is 0.0727 e. The topological polar surface area (TPSA) is 3.24 Å².